The molecule has 0 amide bonds. The molecule has 0 spiro atoms. The third kappa shape index (κ3) is 2.63. The minimum Gasteiger partial charge on any atom is -0.248 e. The Balaban J connectivity index is 2.16. The Hall–Kier alpha value is -1.26. The summed E-state index contributed by atoms with van der Waals surface area (Å²) in [6.45, 7) is 0. The SMILES string of the molecule is BrCc1nc2ccc(-c3ccccc3)cc2nc1CBr. The lowest BCUT2D eigenvalue weighted by Crippen LogP contribution is -1.98. The number of hydrogen-bond donors (Lipinski definition) is 0. The summed E-state index contributed by atoms with van der Waals surface area (Å²) in [6.07, 6.45) is 0. The van der Waals surface area contributed by atoms with Gasteiger partial charge in [0.15, 0.2) is 0 Å². The van der Waals surface area contributed by atoms with E-state index in [0.29, 0.717) is 5.33 Å². The fourth-order valence-electron chi connectivity index (χ4n) is 2.15. The number of halogens is 2. The third-order valence-corrected chi connectivity index (χ3v) is 4.24. The second-order valence-corrected chi connectivity index (χ2v) is 5.58. The highest BCUT2D eigenvalue weighted by Crippen LogP contribution is 2.24. The van der Waals surface area contributed by atoms with E-state index in [1.54, 1.807) is 0 Å². The summed E-state index contributed by atoms with van der Waals surface area (Å²) in [4.78, 5) is 9.37. The average Bonchev–Trinajstić information content (AvgIpc) is 2.53. The van der Waals surface area contributed by atoms with Crippen LogP contribution in [0.5, 0.6) is 0 Å². The molecule has 2 aromatic carbocycles. The van der Waals surface area contributed by atoms with Crippen molar-refractivity contribution < 1.29 is 0 Å². The number of benzene rings is 2. The van der Waals surface area contributed by atoms with Crippen molar-refractivity contribution in [1.29, 1.82) is 0 Å². The molecular weight excluding hydrogens is 380 g/mol. The van der Waals surface area contributed by atoms with Gasteiger partial charge in [0.25, 0.3) is 0 Å². The molecule has 0 radical (unpaired) electrons. The molecule has 3 aromatic rings. The Bertz CT molecular complexity index is 742. The van der Waals surface area contributed by atoms with Crippen molar-refractivity contribution in [1.82, 2.24) is 9.97 Å². The highest BCUT2D eigenvalue weighted by molar-refractivity contribution is 9.09. The molecule has 0 aliphatic rings. The topological polar surface area (TPSA) is 25.8 Å². The molecule has 0 unspecified atom stereocenters. The maximum absolute atomic E-state index is 4.71. The number of hydrogen-bond acceptors (Lipinski definition) is 2. The van der Waals surface area contributed by atoms with Crippen LogP contribution in [0.3, 0.4) is 0 Å². The first-order chi connectivity index (χ1) is 9.81. The van der Waals surface area contributed by atoms with Crippen LogP contribution in [0.25, 0.3) is 22.2 Å². The predicted molar refractivity (Wildman–Crippen MR) is 90.2 cm³/mol. The molecule has 1 heterocycles. The lowest BCUT2D eigenvalue weighted by Gasteiger charge is -2.07. The van der Waals surface area contributed by atoms with Gasteiger partial charge in [-0.25, -0.2) is 9.97 Å². The van der Waals surface area contributed by atoms with Gasteiger partial charge in [0.1, 0.15) is 0 Å². The monoisotopic (exact) mass is 390 g/mol. The molecule has 2 nitrogen and oxygen atoms in total. The predicted octanol–water partition coefficient (Wildman–Crippen LogP) is 5.09. The molecule has 0 aliphatic heterocycles. The molecular formula is C16H12Br2N2. The summed E-state index contributed by atoms with van der Waals surface area (Å²) in [6, 6.07) is 16.6. The van der Waals surface area contributed by atoms with Gasteiger partial charge in [0.2, 0.25) is 0 Å². The zero-order valence-electron chi connectivity index (χ0n) is 10.7. The van der Waals surface area contributed by atoms with E-state index in [1.807, 2.05) is 24.3 Å². The largest absolute Gasteiger partial charge is 0.248 e. The standard InChI is InChI=1S/C16H12Br2N2/c17-9-15-16(10-18)20-14-8-12(6-7-13(14)19-15)11-4-2-1-3-5-11/h1-8H,9-10H2. The minimum atomic E-state index is 0.715. The maximum atomic E-state index is 4.71. The van der Waals surface area contributed by atoms with Gasteiger partial charge in [-0.05, 0) is 23.3 Å². The summed E-state index contributed by atoms with van der Waals surface area (Å²) >= 11 is 6.94. The molecule has 0 saturated carbocycles. The molecule has 1 aromatic heterocycles. The van der Waals surface area contributed by atoms with E-state index in [9.17, 15) is 0 Å². The number of fused-ring (bicyclic) bond motifs is 1. The molecule has 4 heteroatoms. The van der Waals surface area contributed by atoms with E-state index in [2.05, 4.69) is 61.1 Å². The van der Waals surface area contributed by atoms with Crippen LogP contribution in [0, 0.1) is 0 Å². The van der Waals surface area contributed by atoms with Crippen molar-refractivity contribution in [2.75, 3.05) is 0 Å². The Morgan fingerprint density at radius 3 is 2.00 bits per heavy atom. The maximum Gasteiger partial charge on any atom is 0.0896 e. The Morgan fingerprint density at radius 1 is 0.700 bits per heavy atom. The van der Waals surface area contributed by atoms with Crippen molar-refractivity contribution in [3.8, 4) is 11.1 Å². The van der Waals surface area contributed by atoms with Gasteiger partial charge in [-0.3, -0.25) is 0 Å². The first-order valence-corrected chi connectivity index (χ1v) is 8.53. The van der Waals surface area contributed by atoms with E-state index in [4.69, 9.17) is 4.98 Å². The first kappa shape index (κ1) is 13.7. The third-order valence-electron chi connectivity index (χ3n) is 3.18. The fraction of sp³-hybridized carbons (Fsp3) is 0.125. The van der Waals surface area contributed by atoms with Crippen molar-refractivity contribution in [2.24, 2.45) is 0 Å². The van der Waals surface area contributed by atoms with Crippen molar-refractivity contribution in [2.45, 2.75) is 10.7 Å². The van der Waals surface area contributed by atoms with Gasteiger partial charge in [-0.1, -0.05) is 68.3 Å². The number of aromatic nitrogens is 2. The van der Waals surface area contributed by atoms with Crippen molar-refractivity contribution >= 4 is 42.9 Å². The highest BCUT2D eigenvalue weighted by atomic mass is 79.9. The normalized spacial score (nSPS) is 10.9. The van der Waals surface area contributed by atoms with Gasteiger partial charge in [-0.2, -0.15) is 0 Å². The zero-order chi connectivity index (χ0) is 13.9. The summed E-state index contributed by atoms with van der Waals surface area (Å²) in [5, 5.41) is 1.43. The minimum absolute atomic E-state index is 0.715. The summed E-state index contributed by atoms with van der Waals surface area (Å²) in [7, 11) is 0. The van der Waals surface area contributed by atoms with Gasteiger partial charge < -0.3 is 0 Å². The molecule has 0 saturated heterocycles. The van der Waals surface area contributed by atoms with Crippen LogP contribution in [-0.2, 0) is 10.7 Å². The smallest absolute Gasteiger partial charge is 0.0896 e. The van der Waals surface area contributed by atoms with E-state index in [-0.39, 0.29) is 0 Å². The quantitative estimate of drug-likeness (QED) is 0.581. The molecule has 0 fully saturated rings. The first-order valence-electron chi connectivity index (χ1n) is 6.28. The molecule has 0 bridgehead atoms. The number of rotatable bonds is 3. The molecule has 0 atom stereocenters. The van der Waals surface area contributed by atoms with Gasteiger partial charge in [-0.15, -0.1) is 0 Å². The second kappa shape index (κ2) is 6.02. The van der Waals surface area contributed by atoms with Crippen molar-refractivity contribution in [3.63, 3.8) is 0 Å². The lowest BCUT2D eigenvalue weighted by molar-refractivity contribution is 1.08. The van der Waals surface area contributed by atoms with E-state index in [0.717, 1.165) is 27.8 Å². The highest BCUT2D eigenvalue weighted by Gasteiger charge is 2.08. The molecule has 3 rings (SSSR count). The fourth-order valence-corrected chi connectivity index (χ4v) is 3.05. The molecule has 0 aliphatic carbocycles. The Kier molecular flexibility index (Phi) is 4.13. The number of alkyl halides is 2. The molecule has 20 heavy (non-hydrogen) atoms. The van der Waals surface area contributed by atoms with Crippen LogP contribution in [0.4, 0.5) is 0 Å². The second-order valence-electron chi connectivity index (χ2n) is 4.45. The van der Waals surface area contributed by atoms with Gasteiger partial charge in [0.05, 0.1) is 22.4 Å². The Labute approximate surface area is 134 Å². The van der Waals surface area contributed by atoms with Gasteiger partial charge in [0, 0.05) is 10.7 Å². The van der Waals surface area contributed by atoms with E-state index in [1.165, 1.54) is 11.1 Å². The summed E-state index contributed by atoms with van der Waals surface area (Å²) in [5.41, 5.74) is 6.21. The lowest BCUT2D eigenvalue weighted by atomic mass is 10.1. The Morgan fingerprint density at radius 2 is 1.35 bits per heavy atom. The average molecular weight is 392 g/mol. The molecule has 100 valence electrons. The van der Waals surface area contributed by atoms with Crippen LogP contribution in [-0.4, -0.2) is 9.97 Å². The van der Waals surface area contributed by atoms with Crippen LogP contribution in [0.2, 0.25) is 0 Å². The van der Waals surface area contributed by atoms with Crippen LogP contribution in [0.15, 0.2) is 48.5 Å². The molecule has 0 N–H and O–H groups in total. The van der Waals surface area contributed by atoms with E-state index < -0.39 is 0 Å². The van der Waals surface area contributed by atoms with E-state index >= 15 is 0 Å². The van der Waals surface area contributed by atoms with Crippen LogP contribution in [0.1, 0.15) is 11.4 Å². The number of nitrogens with zero attached hydrogens (tertiary/aromatic N) is 2. The van der Waals surface area contributed by atoms with Gasteiger partial charge >= 0.3 is 0 Å². The zero-order valence-corrected chi connectivity index (χ0v) is 13.9. The van der Waals surface area contributed by atoms with Crippen molar-refractivity contribution in [3.05, 3.63) is 59.9 Å². The van der Waals surface area contributed by atoms with Crippen LogP contribution < -0.4 is 0 Å². The summed E-state index contributed by atoms with van der Waals surface area (Å²) in [5.74, 6) is 0. The summed E-state index contributed by atoms with van der Waals surface area (Å²) < 4.78 is 0. The van der Waals surface area contributed by atoms with Crippen LogP contribution >= 0.6 is 31.9 Å².